The summed E-state index contributed by atoms with van der Waals surface area (Å²) in [6.45, 7) is 7.19. The van der Waals surface area contributed by atoms with Crippen LogP contribution in [0.15, 0.2) is 18.3 Å². The highest BCUT2D eigenvalue weighted by Crippen LogP contribution is 2.19. The molecule has 2 rings (SSSR count). The van der Waals surface area contributed by atoms with Crippen LogP contribution in [0.25, 0.3) is 0 Å². The molecule has 1 aromatic rings. The van der Waals surface area contributed by atoms with Gasteiger partial charge in [0.1, 0.15) is 5.75 Å². The van der Waals surface area contributed by atoms with E-state index >= 15 is 0 Å². The number of hydrogen-bond acceptors (Lipinski definition) is 4. The predicted molar refractivity (Wildman–Crippen MR) is 82.1 cm³/mol. The van der Waals surface area contributed by atoms with Crippen molar-refractivity contribution in [2.45, 2.75) is 45.2 Å². The van der Waals surface area contributed by atoms with Crippen molar-refractivity contribution in [2.24, 2.45) is 0 Å². The fourth-order valence-corrected chi connectivity index (χ4v) is 2.80. The van der Waals surface area contributed by atoms with Crippen molar-refractivity contribution in [3.8, 4) is 5.75 Å². The number of nitrogens with zero attached hydrogens (tertiary/aromatic N) is 2. The lowest BCUT2D eigenvalue weighted by Crippen LogP contribution is -2.26. The largest absolute Gasteiger partial charge is 0.492 e. The molecule has 112 valence electrons. The summed E-state index contributed by atoms with van der Waals surface area (Å²) in [5.41, 5.74) is 1.06. The minimum Gasteiger partial charge on any atom is -0.492 e. The van der Waals surface area contributed by atoms with Crippen molar-refractivity contribution in [1.29, 1.82) is 0 Å². The first kappa shape index (κ1) is 15.3. The van der Waals surface area contributed by atoms with Gasteiger partial charge < -0.3 is 15.0 Å². The molecule has 0 bridgehead atoms. The number of pyridine rings is 1. The van der Waals surface area contributed by atoms with E-state index in [9.17, 15) is 0 Å². The summed E-state index contributed by atoms with van der Waals surface area (Å²) in [7, 11) is 2.20. The molecule has 20 heavy (non-hydrogen) atoms. The zero-order valence-electron chi connectivity index (χ0n) is 12.9. The van der Waals surface area contributed by atoms with Gasteiger partial charge in [0, 0.05) is 12.1 Å². The van der Waals surface area contributed by atoms with E-state index < -0.39 is 0 Å². The molecule has 2 heterocycles. The summed E-state index contributed by atoms with van der Waals surface area (Å²) in [5.74, 6) is 0.873. The SMILES string of the molecule is CCNC(C)c1ccc(OCCC2CCCN2C)cn1. The average Bonchev–Trinajstić information content (AvgIpc) is 2.85. The second kappa shape index (κ2) is 7.60. The molecule has 4 nitrogen and oxygen atoms in total. The smallest absolute Gasteiger partial charge is 0.137 e. The Balaban J connectivity index is 1.76. The molecular formula is C16H27N3O. The van der Waals surface area contributed by atoms with E-state index in [1.165, 1.54) is 19.4 Å². The summed E-state index contributed by atoms with van der Waals surface area (Å²) >= 11 is 0. The zero-order chi connectivity index (χ0) is 14.4. The fourth-order valence-electron chi connectivity index (χ4n) is 2.80. The van der Waals surface area contributed by atoms with E-state index in [-0.39, 0.29) is 0 Å². The Labute approximate surface area is 122 Å². The van der Waals surface area contributed by atoms with Gasteiger partial charge in [-0.2, -0.15) is 0 Å². The molecule has 0 radical (unpaired) electrons. The molecule has 0 aliphatic carbocycles. The van der Waals surface area contributed by atoms with Gasteiger partial charge in [0.05, 0.1) is 18.5 Å². The van der Waals surface area contributed by atoms with Crippen molar-refractivity contribution in [2.75, 3.05) is 26.7 Å². The third-order valence-electron chi connectivity index (χ3n) is 4.10. The molecule has 2 unspecified atom stereocenters. The summed E-state index contributed by atoms with van der Waals surface area (Å²) < 4.78 is 5.80. The maximum absolute atomic E-state index is 5.80. The Morgan fingerprint density at radius 2 is 2.35 bits per heavy atom. The third kappa shape index (κ3) is 4.18. The Morgan fingerprint density at radius 1 is 1.50 bits per heavy atom. The topological polar surface area (TPSA) is 37.4 Å². The molecule has 1 aliphatic heterocycles. The number of nitrogens with one attached hydrogen (secondary N) is 1. The van der Waals surface area contributed by atoms with Gasteiger partial charge in [-0.1, -0.05) is 6.92 Å². The Bertz CT molecular complexity index is 393. The molecule has 1 aromatic heterocycles. The molecule has 0 amide bonds. The highest BCUT2D eigenvalue weighted by atomic mass is 16.5. The van der Waals surface area contributed by atoms with Gasteiger partial charge >= 0.3 is 0 Å². The van der Waals surface area contributed by atoms with Gasteiger partial charge in [-0.3, -0.25) is 4.98 Å². The number of ether oxygens (including phenoxy) is 1. The van der Waals surface area contributed by atoms with Crippen LogP contribution in [-0.4, -0.2) is 42.7 Å². The van der Waals surface area contributed by atoms with Crippen molar-refractivity contribution in [3.05, 3.63) is 24.0 Å². The quantitative estimate of drug-likeness (QED) is 0.831. The zero-order valence-corrected chi connectivity index (χ0v) is 12.9. The van der Waals surface area contributed by atoms with Crippen molar-refractivity contribution in [1.82, 2.24) is 15.2 Å². The predicted octanol–water partition coefficient (Wildman–Crippen LogP) is 2.62. The van der Waals surface area contributed by atoms with E-state index in [4.69, 9.17) is 4.74 Å². The standard InChI is InChI=1S/C16H27N3O/c1-4-17-13(2)16-8-7-15(12-18-16)20-11-9-14-6-5-10-19(14)3/h7-8,12-14,17H,4-6,9-11H2,1-3H3. The molecule has 1 saturated heterocycles. The second-order valence-electron chi connectivity index (χ2n) is 5.61. The van der Waals surface area contributed by atoms with E-state index in [2.05, 4.69) is 36.1 Å². The Hall–Kier alpha value is -1.13. The average molecular weight is 277 g/mol. The first-order valence-electron chi connectivity index (χ1n) is 7.73. The van der Waals surface area contributed by atoms with Crippen LogP contribution in [0.2, 0.25) is 0 Å². The first-order valence-corrected chi connectivity index (χ1v) is 7.73. The highest BCUT2D eigenvalue weighted by Gasteiger charge is 2.20. The van der Waals surface area contributed by atoms with Gasteiger partial charge in [0.15, 0.2) is 0 Å². The minimum absolute atomic E-state index is 0.293. The molecule has 0 saturated carbocycles. The molecule has 4 heteroatoms. The minimum atomic E-state index is 0.293. The maximum Gasteiger partial charge on any atom is 0.137 e. The third-order valence-corrected chi connectivity index (χ3v) is 4.10. The van der Waals surface area contributed by atoms with Crippen LogP contribution in [0, 0.1) is 0 Å². The van der Waals surface area contributed by atoms with E-state index in [0.29, 0.717) is 12.1 Å². The molecule has 1 aliphatic rings. The van der Waals surface area contributed by atoms with E-state index in [1.54, 1.807) is 0 Å². The molecule has 1 fully saturated rings. The number of hydrogen-bond donors (Lipinski definition) is 1. The van der Waals surface area contributed by atoms with Crippen LogP contribution < -0.4 is 10.1 Å². The van der Waals surface area contributed by atoms with Gasteiger partial charge in [-0.15, -0.1) is 0 Å². The lowest BCUT2D eigenvalue weighted by Gasteiger charge is -2.19. The van der Waals surface area contributed by atoms with Gasteiger partial charge in [-0.05, 0) is 58.5 Å². The molecular weight excluding hydrogens is 250 g/mol. The van der Waals surface area contributed by atoms with Crippen LogP contribution in [-0.2, 0) is 0 Å². The number of likely N-dealkylation sites (tertiary alicyclic amines) is 1. The van der Waals surface area contributed by atoms with Crippen molar-refractivity contribution in [3.63, 3.8) is 0 Å². The van der Waals surface area contributed by atoms with Gasteiger partial charge in [-0.25, -0.2) is 0 Å². The lowest BCUT2D eigenvalue weighted by atomic mass is 10.1. The van der Waals surface area contributed by atoms with Crippen molar-refractivity contribution < 1.29 is 4.74 Å². The lowest BCUT2D eigenvalue weighted by molar-refractivity contribution is 0.233. The summed E-state index contributed by atoms with van der Waals surface area (Å²) in [5, 5.41) is 3.36. The van der Waals surface area contributed by atoms with Crippen LogP contribution in [0.3, 0.4) is 0 Å². The number of rotatable bonds is 7. The highest BCUT2D eigenvalue weighted by molar-refractivity contribution is 5.21. The van der Waals surface area contributed by atoms with E-state index in [1.807, 2.05) is 18.3 Å². The first-order chi connectivity index (χ1) is 9.70. The molecule has 1 N–H and O–H groups in total. The summed E-state index contributed by atoms with van der Waals surface area (Å²) in [6.07, 6.45) is 5.56. The van der Waals surface area contributed by atoms with E-state index in [0.717, 1.165) is 31.0 Å². The number of aromatic nitrogens is 1. The van der Waals surface area contributed by atoms with Crippen LogP contribution in [0.1, 0.15) is 44.8 Å². The summed E-state index contributed by atoms with van der Waals surface area (Å²) in [4.78, 5) is 6.90. The summed E-state index contributed by atoms with van der Waals surface area (Å²) in [6, 6.07) is 5.05. The van der Waals surface area contributed by atoms with Crippen LogP contribution >= 0.6 is 0 Å². The van der Waals surface area contributed by atoms with Gasteiger partial charge in [0.2, 0.25) is 0 Å². The molecule has 0 aromatic carbocycles. The maximum atomic E-state index is 5.80. The monoisotopic (exact) mass is 277 g/mol. The van der Waals surface area contributed by atoms with Gasteiger partial charge in [0.25, 0.3) is 0 Å². The van der Waals surface area contributed by atoms with Crippen LogP contribution in [0.5, 0.6) is 5.75 Å². The second-order valence-corrected chi connectivity index (χ2v) is 5.61. The molecule has 2 atom stereocenters. The Morgan fingerprint density at radius 3 is 2.95 bits per heavy atom. The Kier molecular flexibility index (Phi) is 5.80. The normalized spacial score (nSPS) is 21.1. The van der Waals surface area contributed by atoms with Crippen molar-refractivity contribution >= 4 is 0 Å². The van der Waals surface area contributed by atoms with Crippen LogP contribution in [0.4, 0.5) is 0 Å². The molecule has 0 spiro atoms. The fraction of sp³-hybridized carbons (Fsp3) is 0.688.